The smallest absolute Gasteiger partial charge is 0.0714 e. The number of aromatic nitrogens is 1. The lowest BCUT2D eigenvalue weighted by molar-refractivity contribution is 0.768. The van der Waals surface area contributed by atoms with Crippen LogP contribution in [0.5, 0.6) is 0 Å². The van der Waals surface area contributed by atoms with Crippen molar-refractivity contribution in [2.24, 2.45) is 0 Å². The maximum absolute atomic E-state index is 9.44. The van der Waals surface area contributed by atoms with Gasteiger partial charge in [0.15, 0.2) is 0 Å². The summed E-state index contributed by atoms with van der Waals surface area (Å²) < 4.78 is 47.7. The van der Waals surface area contributed by atoms with E-state index in [1.807, 2.05) is 35.2 Å². The van der Waals surface area contributed by atoms with Gasteiger partial charge in [0.2, 0.25) is 0 Å². The zero-order valence-electron chi connectivity index (χ0n) is 46.4. The van der Waals surface area contributed by atoms with Crippen LogP contribution in [0.2, 0.25) is 0 Å². The number of benzene rings is 12. The summed E-state index contributed by atoms with van der Waals surface area (Å²) in [6, 6.07) is 95.4. The SMILES string of the molecule is [2H]c1c([2H])c([2H])c(N(c2ccc(-c3ccc4c(c3)c3cc(C5(c6ccccc6)c6ccccc6-c6ccccc65)ccc3n4-c3ccccc3)cc2)c2ccc3c(c2)C(c2ccccc2)(c2ccccc2)c2ccccc2-3)c([2H])c1[2H]. The highest BCUT2D eigenvalue weighted by Gasteiger charge is 2.47. The van der Waals surface area contributed by atoms with Crippen molar-refractivity contribution >= 4 is 38.9 Å². The van der Waals surface area contributed by atoms with Crippen LogP contribution in [0.1, 0.15) is 51.4 Å². The lowest BCUT2D eigenvalue weighted by Crippen LogP contribution is -2.28. The molecule has 0 radical (unpaired) electrons. The summed E-state index contributed by atoms with van der Waals surface area (Å²) >= 11 is 0. The molecule has 2 aliphatic carbocycles. The van der Waals surface area contributed by atoms with E-state index in [0.29, 0.717) is 11.4 Å². The number of fused-ring (bicyclic) bond motifs is 9. The first-order valence-electron chi connectivity index (χ1n) is 28.5. The summed E-state index contributed by atoms with van der Waals surface area (Å²) in [5, 5.41) is 2.25. The largest absolute Gasteiger partial charge is 0.310 e. The molecule has 0 aliphatic heterocycles. The second-order valence-electron chi connectivity index (χ2n) is 20.0. The minimum atomic E-state index is -0.725. The van der Waals surface area contributed by atoms with Crippen LogP contribution in [0.25, 0.3) is 60.9 Å². The van der Waals surface area contributed by atoms with Gasteiger partial charge < -0.3 is 9.47 Å². The summed E-state index contributed by atoms with van der Waals surface area (Å²) in [4.78, 5) is 1.84. The Balaban J connectivity index is 0.918. The maximum Gasteiger partial charge on any atom is 0.0714 e. The monoisotopic (exact) mass is 971 g/mol. The molecule has 13 aromatic rings. The molecule has 0 spiro atoms. The van der Waals surface area contributed by atoms with Crippen molar-refractivity contribution in [3.05, 3.63) is 348 Å². The molecule has 356 valence electrons. The van der Waals surface area contributed by atoms with E-state index >= 15 is 0 Å². The molecule has 15 rings (SSSR count). The standard InChI is InChI=1S/C74H50N2/c1-6-22-53(23-7-1)73(54-24-8-2-9-25-54)67-35-19-18-34-63(67)64-45-44-60(50-70(64)73)75(57-28-12-4-13-29-57)59-42-38-51(39-43-59)52-40-46-71-65(48-52)66-49-56(41-47-72(66)76(71)58-30-14-5-15-31-58)74(55-26-10-3-11-27-55)68-36-20-16-32-61(68)62-33-17-21-37-69(62)74/h1-50H/i4D,12D,13D,28D,29D. The Labute approximate surface area is 450 Å². The highest BCUT2D eigenvalue weighted by atomic mass is 15.1. The van der Waals surface area contributed by atoms with E-state index in [4.69, 9.17) is 4.11 Å². The molecule has 0 N–H and O–H groups in total. The summed E-state index contributed by atoms with van der Waals surface area (Å²) in [6.07, 6.45) is 0. The molecule has 2 nitrogen and oxygen atoms in total. The fraction of sp³-hybridized carbons (Fsp3) is 0.0270. The number of hydrogen-bond donors (Lipinski definition) is 0. The van der Waals surface area contributed by atoms with Gasteiger partial charge in [-0.1, -0.05) is 230 Å². The Hall–Kier alpha value is -9.76. The molecular weight excluding hydrogens is 917 g/mol. The fourth-order valence-electron chi connectivity index (χ4n) is 13.1. The van der Waals surface area contributed by atoms with Crippen molar-refractivity contribution in [1.29, 1.82) is 0 Å². The molecule has 0 saturated heterocycles. The molecule has 0 unspecified atom stereocenters. The van der Waals surface area contributed by atoms with Crippen molar-refractivity contribution < 1.29 is 6.85 Å². The van der Waals surface area contributed by atoms with Crippen LogP contribution in [-0.4, -0.2) is 4.57 Å². The maximum atomic E-state index is 9.44. The van der Waals surface area contributed by atoms with Crippen LogP contribution >= 0.6 is 0 Å². The molecule has 0 atom stereocenters. The first kappa shape index (κ1) is 38.8. The van der Waals surface area contributed by atoms with E-state index in [-0.39, 0.29) is 17.8 Å². The van der Waals surface area contributed by atoms with Crippen molar-refractivity contribution in [2.45, 2.75) is 10.8 Å². The van der Waals surface area contributed by atoms with Crippen molar-refractivity contribution in [2.75, 3.05) is 4.90 Å². The van der Waals surface area contributed by atoms with Crippen molar-refractivity contribution in [1.82, 2.24) is 4.57 Å². The van der Waals surface area contributed by atoms with Crippen LogP contribution in [-0.2, 0) is 10.8 Å². The number of para-hydroxylation sites is 2. The van der Waals surface area contributed by atoms with E-state index in [0.717, 1.165) is 72.0 Å². The molecule has 2 aliphatic rings. The van der Waals surface area contributed by atoms with E-state index < -0.39 is 29.0 Å². The molecule has 0 bridgehead atoms. The normalized spacial score (nSPS) is 14.4. The molecule has 0 fully saturated rings. The highest BCUT2D eigenvalue weighted by Crippen LogP contribution is 2.59. The van der Waals surface area contributed by atoms with Gasteiger partial charge in [-0.15, -0.1) is 0 Å². The first-order chi connectivity index (χ1) is 39.8. The summed E-state index contributed by atoms with van der Waals surface area (Å²) in [5.41, 5.74) is 19.3. The van der Waals surface area contributed by atoms with Gasteiger partial charge >= 0.3 is 0 Å². The van der Waals surface area contributed by atoms with E-state index in [1.165, 1.54) is 33.4 Å². The average molecular weight is 972 g/mol. The third-order valence-electron chi connectivity index (χ3n) is 16.2. The molecule has 0 saturated carbocycles. The average Bonchev–Trinajstić information content (AvgIpc) is 2.28. The molecule has 76 heavy (non-hydrogen) atoms. The molecule has 0 amide bonds. The Morgan fingerprint density at radius 2 is 0.737 bits per heavy atom. The number of nitrogens with zero attached hydrogens (tertiary/aromatic N) is 2. The minimum Gasteiger partial charge on any atom is -0.310 e. The number of anilines is 3. The zero-order valence-corrected chi connectivity index (χ0v) is 41.4. The minimum absolute atomic E-state index is 0.0703. The van der Waals surface area contributed by atoms with Crippen LogP contribution in [0.15, 0.2) is 303 Å². The summed E-state index contributed by atoms with van der Waals surface area (Å²) in [6.45, 7) is 0. The quantitative estimate of drug-likeness (QED) is 0.140. The lowest BCUT2D eigenvalue weighted by Gasteiger charge is -2.35. The second kappa shape index (κ2) is 17.4. The third kappa shape index (κ3) is 6.41. The van der Waals surface area contributed by atoms with Crippen molar-refractivity contribution in [3.8, 4) is 39.1 Å². The second-order valence-corrected chi connectivity index (χ2v) is 20.0. The topological polar surface area (TPSA) is 8.17 Å². The predicted molar refractivity (Wildman–Crippen MR) is 316 cm³/mol. The Morgan fingerprint density at radius 1 is 0.303 bits per heavy atom. The molecule has 12 aromatic carbocycles. The Kier molecular flexibility index (Phi) is 8.91. The fourth-order valence-corrected chi connectivity index (χ4v) is 13.1. The predicted octanol–water partition coefficient (Wildman–Crippen LogP) is 18.6. The summed E-state index contributed by atoms with van der Waals surface area (Å²) in [7, 11) is 0. The van der Waals surface area contributed by atoms with Crippen LogP contribution in [0.4, 0.5) is 17.1 Å². The van der Waals surface area contributed by atoms with Gasteiger partial charge in [-0.25, -0.2) is 0 Å². The van der Waals surface area contributed by atoms with Crippen LogP contribution in [0, 0.1) is 0 Å². The molecule has 1 aromatic heterocycles. The van der Waals surface area contributed by atoms with Crippen LogP contribution in [0.3, 0.4) is 0 Å². The van der Waals surface area contributed by atoms with Gasteiger partial charge in [-0.2, -0.15) is 0 Å². The van der Waals surface area contributed by atoms with Gasteiger partial charge in [0.1, 0.15) is 0 Å². The summed E-state index contributed by atoms with van der Waals surface area (Å²) in [5.74, 6) is 0. The Morgan fingerprint density at radius 3 is 1.29 bits per heavy atom. The highest BCUT2D eigenvalue weighted by molar-refractivity contribution is 6.11. The first-order valence-corrected chi connectivity index (χ1v) is 26.0. The molecule has 2 heteroatoms. The van der Waals surface area contributed by atoms with Gasteiger partial charge in [0, 0.05) is 33.5 Å². The zero-order chi connectivity index (χ0) is 54.6. The van der Waals surface area contributed by atoms with E-state index in [2.05, 4.69) is 247 Å². The molecular formula is C74H50N2. The molecule has 1 heterocycles. The third-order valence-corrected chi connectivity index (χ3v) is 16.2. The Bertz CT molecular complexity index is 4520. The van der Waals surface area contributed by atoms with Gasteiger partial charge in [0.05, 0.1) is 28.7 Å². The van der Waals surface area contributed by atoms with E-state index in [9.17, 15) is 2.74 Å². The number of hydrogen-bond acceptors (Lipinski definition) is 1. The van der Waals surface area contributed by atoms with Gasteiger partial charge in [-0.3, -0.25) is 0 Å². The van der Waals surface area contributed by atoms with Gasteiger partial charge in [-0.05, 0) is 151 Å². The van der Waals surface area contributed by atoms with E-state index in [1.54, 1.807) is 0 Å². The van der Waals surface area contributed by atoms with Crippen LogP contribution < -0.4 is 4.90 Å². The van der Waals surface area contributed by atoms with Crippen molar-refractivity contribution in [3.63, 3.8) is 0 Å². The van der Waals surface area contributed by atoms with Gasteiger partial charge in [0.25, 0.3) is 0 Å². The lowest BCUT2D eigenvalue weighted by atomic mass is 9.67. The number of rotatable bonds is 9.